The molecule has 178 valence electrons. The SMILES string of the molecule is COC(=O)N1CCN(C(=O)[C@H]2CC[C@H](Cn3c(=O)[nH]c4ccc(OC)cc4c3=O)CC2)CC1. The van der Waals surface area contributed by atoms with E-state index < -0.39 is 5.69 Å². The normalized spacial score (nSPS) is 21.2. The van der Waals surface area contributed by atoms with Crippen molar-refractivity contribution in [1.29, 1.82) is 0 Å². The molecule has 1 N–H and O–H groups in total. The number of rotatable bonds is 4. The van der Waals surface area contributed by atoms with E-state index in [1.54, 1.807) is 23.1 Å². The molecule has 1 aliphatic heterocycles. The topological polar surface area (TPSA) is 114 Å². The molecule has 0 bridgehead atoms. The summed E-state index contributed by atoms with van der Waals surface area (Å²) in [6.07, 6.45) is 2.66. The highest BCUT2D eigenvalue weighted by Crippen LogP contribution is 2.31. The third kappa shape index (κ3) is 4.74. The maximum absolute atomic E-state index is 13.0. The highest BCUT2D eigenvalue weighted by molar-refractivity contribution is 5.80. The van der Waals surface area contributed by atoms with Gasteiger partial charge in [-0.15, -0.1) is 0 Å². The van der Waals surface area contributed by atoms with Crippen LogP contribution >= 0.6 is 0 Å². The summed E-state index contributed by atoms with van der Waals surface area (Å²) >= 11 is 0. The Morgan fingerprint density at radius 3 is 2.30 bits per heavy atom. The number of carbonyl (C=O) groups is 2. The summed E-state index contributed by atoms with van der Waals surface area (Å²) in [7, 11) is 2.89. The second-order valence-corrected chi connectivity index (χ2v) is 8.76. The van der Waals surface area contributed by atoms with Crippen LogP contribution in [0.15, 0.2) is 27.8 Å². The van der Waals surface area contributed by atoms with Crippen LogP contribution in [0.2, 0.25) is 0 Å². The van der Waals surface area contributed by atoms with Crippen molar-refractivity contribution in [3.63, 3.8) is 0 Å². The van der Waals surface area contributed by atoms with E-state index >= 15 is 0 Å². The summed E-state index contributed by atoms with van der Waals surface area (Å²) in [6.45, 7) is 2.32. The van der Waals surface area contributed by atoms with Crippen LogP contribution < -0.4 is 16.0 Å². The summed E-state index contributed by atoms with van der Waals surface area (Å²) in [5, 5.41) is 0.420. The summed E-state index contributed by atoms with van der Waals surface area (Å²) in [5.74, 6) is 0.796. The second kappa shape index (κ2) is 9.68. The summed E-state index contributed by atoms with van der Waals surface area (Å²) < 4.78 is 11.2. The molecular weight excluding hydrogens is 428 g/mol. The van der Waals surface area contributed by atoms with E-state index in [2.05, 4.69) is 4.98 Å². The monoisotopic (exact) mass is 458 g/mol. The number of methoxy groups -OCH3 is 2. The smallest absolute Gasteiger partial charge is 0.409 e. The number of hydrogen-bond acceptors (Lipinski definition) is 6. The number of benzene rings is 1. The molecule has 2 fully saturated rings. The molecule has 2 heterocycles. The van der Waals surface area contributed by atoms with E-state index in [9.17, 15) is 19.2 Å². The molecule has 1 aromatic heterocycles. The number of nitrogens with one attached hydrogen (secondary N) is 1. The van der Waals surface area contributed by atoms with Gasteiger partial charge in [-0.25, -0.2) is 9.59 Å². The molecular formula is C23H30N4O6. The average Bonchev–Trinajstić information content (AvgIpc) is 2.86. The van der Waals surface area contributed by atoms with Gasteiger partial charge in [0.15, 0.2) is 0 Å². The summed E-state index contributed by atoms with van der Waals surface area (Å²) in [6, 6.07) is 5.01. The van der Waals surface area contributed by atoms with Gasteiger partial charge in [0.1, 0.15) is 5.75 Å². The van der Waals surface area contributed by atoms with Crippen LogP contribution in [0, 0.1) is 11.8 Å². The minimum atomic E-state index is -0.417. The molecule has 1 saturated heterocycles. The highest BCUT2D eigenvalue weighted by atomic mass is 16.5. The van der Waals surface area contributed by atoms with Gasteiger partial charge >= 0.3 is 11.8 Å². The van der Waals surface area contributed by atoms with Crippen molar-refractivity contribution in [3.8, 4) is 5.75 Å². The number of piperazine rings is 1. The van der Waals surface area contributed by atoms with Crippen LogP contribution in [0.3, 0.4) is 0 Å². The van der Waals surface area contributed by atoms with E-state index in [0.29, 0.717) is 49.4 Å². The highest BCUT2D eigenvalue weighted by Gasteiger charge is 2.32. The van der Waals surface area contributed by atoms with Gasteiger partial charge in [-0.1, -0.05) is 0 Å². The maximum Gasteiger partial charge on any atom is 0.409 e. The number of hydrogen-bond donors (Lipinski definition) is 1. The zero-order valence-corrected chi connectivity index (χ0v) is 19.0. The van der Waals surface area contributed by atoms with Crippen LogP contribution in [0.1, 0.15) is 25.7 Å². The van der Waals surface area contributed by atoms with Crippen molar-refractivity contribution < 1.29 is 19.1 Å². The van der Waals surface area contributed by atoms with Crippen molar-refractivity contribution in [2.45, 2.75) is 32.2 Å². The Balaban J connectivity index is 1.36. The lowest BCUT2D eigenvalue weighted by Crippen LogP contribution is -2.52. The Bertz CT molecular complexity index is 1140. The van der Waals surface area contributed by atoms with Crippen LogP contribution in [0.25, 0.3) is 10.9 Å². The summed E-state index contributed by atoms with van der Waals surface area (Å²) in [5.41, 5.74) is -0.252. The molecule has 1 aliphatic carbocycles. The lowest BCUT2D eigenvalue weighted by Gasteiger charge is -2.37. The molecule has 4 rings (SSSR count). The Kier molecular flexibility index (Phi) is 6.71. The van der Waals surface area contributed by atoms with E-state index in [-0.39, 0.29) is 29.4 Å². The molecule has 1 saturated carbocycles. The van der Waals surface area contributed by atoms with Gasteiger partial charge in [0.05, 0.1) is 25.1 Å². The van der Waals surface area contributed by atoms with Crippen molar-refractivity contribution in [2.24, 2.45) is 11.8 Å². The van der Waals surface area contributed by atoms with Gasteiger partial charge in [0.2, 0.25) is 5.91 Å². The Morgan fingerprint density at radius 2 is 1.67 bits per heavy atom. The third-order valence-corrected chi connectivity index (χ3v) is 6.85. The Morgan fingerprint density at radius 1 is 1.00 bits per heavy atom. The van der Waals surface area contributed by atoms with Gasteiger partial charge in [0, 0.05) is 38.6 Å². The second-order valence-electron chi connectivity index (χ2n) is 8.76. The first kappa shape index (κ1) is 22.9. The maximum atomic E-state index is 13.0. The average molecular weight is 459 g/mol. The molecule has 2 aromatic rings. The van der Waals surface area contributed by atoms with Gasteiger partial charge in [-0.05, 0) is 49.8 Å². The molecule has 0 spiro atoms. The van der Waals surface area contributed by atoms with Gasteiger partial charge in [-0.2, -0.15) is 0 Å². The minimum absolute atomic E-state index is 0.0539. The fraction of sp³-hybridized carbons (Fsp3) is 0.565. The minimum Gasteiger partial charge on any atom is -0.497 e. The first-order valence-electron chi connectivity index (χ1n) is 11.3. The van der Waals surface area contributed by atoms with Crippen molar-refractivity contribution in [2.75, 3.05) is 40.4 Å². The van der Waals surface area contributed by atoms with Gasteiger partial charge in [-0.3, -0.25) is 14.2 Å². The van der Waals surface area contributed by atoms with Gasteiger partial charge in [0.25, 0.3) is 5.56 Å². The molecule has 0 unspecified atom stereocenters. The summed E-state index contributed by atoms with van der Waals surface area (Å²) in [4.78, 5) is 56.3. The van der Waals surface area contributed by atoms with Crippen LogP contribution in [-0.2, 0) is 16.1 Å². The number of nitrogens with zero attached hydrogens (tertiary/aromatic N) is 3. The fourth-order valence-corrected chi connectivity index (χ4v) is 4.87. The molecule has 33 heavy (non-hydrogen) atoms. The number of amides is 2. The predicted octanol–water partition coefficient (Wildman–Crippen LogP) is 1.42. The number of aromatic nitrogens is 2. The molecule has 10 heteroatoms. The molecule has 0 atom stereocenters. The number of aromatic amines is 1. The van der Waals surface area contributed by atoms with Crippen LogP contribution in [0.4, 0.5) is 4.79 Å². The number of ether oxygens (including phenoxy) is 2. The first-order valence-corrected chi connectivity index (χ1v) is 11.3. The number of carbonyl (C=O) groups excluding carboxylic acids is 2. The molecule has 2 amide bonds. The lowest BCUT2D eigenvalue weighted by molar-refractivity contribution is -0.138. The number of H-pyrrole nitrogens is 1. The number of fused-ring (bicyclic) bond motifs is 1. The largest absolute Gasteiger partial charge is 0.497 e. The van der Waals surface area contributed by atoms with Gasteiger partial charge < -0.3 is 24.3 Å². The zero-order valence-electron chi connectivity index (χ0n) is 19.0. The Labute approximate surface area is 191 Å². The fourth-order valence-electron chi connectivity index (χ4n) is 4.87. The predicted molar refractivity (Wildman–Crippen MR) is 121 cm³/mol. The van der Waals surface area contributed by atoms with E-state index in [1.165, 1.54) is 18.8 Å². The van der Waals surface area contributed by atoms with Crippen molar-refractivity contribution in [3.05, 3.63) is 39.0 Å². The quantitative estimate of drug-likeness (QED) is 0.741. The van der Waals surface area contributed by atoms with E-state index in [1.807, 2.05) is 4.90 Å². The Hall–Kier alpha value is -3.30. The van der Waals surface area contributed by atoms with Crippen molar-refractivity contribution in [1.82, 2.24) is 19.4 Å². The molecule has 10 nitrogen and oxygen atoms in total. The zero-order chi connectivity index (χ0) is 23.5. The van der Waals surface area contributed by atoms with Crippen LogP contribution in [-0.4, -0.2) is 71.7 Å². The van der Waals surface area contributed by atoms with Crippen molar-refractivity contribution >= 4 is 22.9 Å². The lowest BCUT2D eigenvalue weighted by atomic mass is 9.81. The first-order chi connectivity index (χ1) is 15.9. The van der Waals surface area contributed by atoms with E-state index in [4.69, 9.17) is 9.47 Å². The molecule has 2 aliphatic rings. The van der Waals surface area contributed by atoms with Crippen LogP contribution in [0.5, 0.6) is 5.75 Å². The van der Waals surface area contributed by atoms with E-state index in [0.717, 1.165) is 25.7 Å². The standard InChI is InChI=1S/C23H30N4O6/c1-32-17-7-8-19-18(13-17)21(29)27(22(30)24-19)14-15-3-5-16(6-4-15)20(28)25-9-11-26(12-10-25)23(31)33-2/h7-8,13,15-16H,3-6,9-12,14H2,1-2H3,(H,24,30)/t15-,16-. The molecule has 1 aromatic carbocycles. The molecule has 0 radical (unpaired) electrons. The third-order valence-electron chi connectivity index (χ3n) is 6.85.